The highest BCUT2D eigenvalue weighted by molar-refractivity contribution is 7.12. The molecule has 0 radical (unpaired) electrons. The number of aryl methyl sites for hydroxylation is 1. The van der Waals surface area contributed by atoms with Crippen LogP contribution < -0.4 is 5.32 Å². The first kappa shape index (κ1) is 15.3. The van der Waals surface area contributed by atoms with Gasteiger partial charge in [-0.05, 0) is 49.8 Å². The minimum Gasteiger partial charge on any atom is -0.396 e. The highest BCUT2D eigenvalue weighted by atomic mass is 32.1. The minimum absolute atomic E-state index is 0.0432. The van der Waals surface area contributed by atoms with Crippen molar-refractivity contribution in [3.05, 3.63) is 28.0 Å². The monoisotopic (exact) mass is 293 g/mol. The Morgan fingerprint density at radius 2 is 2.15 bits per heavy atom. The number of nitrogens with one attached hydrogen (secondary N) is 1. The van der Waals surface area contributed by atoms with E-state index in [1.807, 2.05) is 12.1 Å². The molecule has 2 atom stereocenters. The Kier molecular flexibility index (Phi) is 5.80. The topological polar surface area (TPSA) is 49.3 Å². The fraction of sp³-hybridized carbons (Fsp3) is 0.562. The molecule has 110 valence electrons. The molecule has 0 spiro atoms. The molecule has 2 N–H and O–H groups in total. The number of rotatable bonds is 5. The van der Waals surface area contributed by atoms with Gasteiger partial charge in [-0.2, -0.15) is 0 Å². The van der Waals surface area contributed by atoms with E-state index in [-0.39, 0.29) is 12.5 Å². The van der Waals surface area contributed by atoms with Crippen LogP contribution in [0.5, 0.6) is 0 Å². The maximum Gasteiger partial charge on any atom is 0.244 e. The third-order valence-corrected chi connectivity index (χ3v) is 4.97. The van der Waals surface area contributed by atoms with Crippen molar-refractivity contribution in [3.8, 4) is 0 Å². The van der Waals surface area contributed by atoms with Crippen molar-refractivity contribution < 1.29 is 9.90 Å². The van der Waals surface area contributed by atoms with E-state index in [1.54, 1.807) is 17.4 Å². The summed E-state index contributed by atoms with van der Waals surface area (Å²) in [6.45, 7) is 2.98. The molecule has 0 saturated heterocycles. The van der Waals surface area contributed by atoms with Gasteiger partial charge in [0.15, 0.2) is 0 Å². The molecule has 20 heavy (non-hydrogen) atoms. The van der Waals surface area contributed by atoms with Gasteiger partial charge in [0.1, 0.15) is 0 Å². The fourth-order valence-corrected chi connectivity index (χ4v) is 3.57. The van der Waals surface area contributed by atoms with Crippen LogP contribution in [0.25, 0.3) is 6.08 Å². The lowest BCUT2D eigenvalue weighted by Gasteiger charge is -2.30. The fourth-order valence-electron chi connectivity index (χ4n) is 2.78. The number of thiophene rings is 1. The van der Waals surface area contributed by atoms with Gasteiger partial charge in [0.05, 0.1) is 0 Å². The van der Waals surface area contributed by atoms with Crippen LogP contribution >= 0.6 is 11.3 Å². The molecule has 0 aromatic carbocycles. The second-order valence-corrected chi connectivity index (χ2v) is 6.83. The molecule has 2 unspecified atom stereocenters. The molecule has 1 amide bonds. The van der Waals surface area contributed by atoms with Gasteiger partial charge in [0.2, 0.25) is 5.91 Å². The molecular formula is C16H23NO2S. The summed E-state index contributed by atoms with van der Waals surface area (Å²) in [6, 6.07) is 4.07. The lowest BCUT2D eigenvalue weighted by Crippen LogP contribution is -2.34. The van der Waals surface area contributed by atoms with E-state index in [2.05, 4.69) is 18.3 Å². The van der Waals surface area contributed by atoms with E-state index in [1.165, 1.54) is 17.7 Å². The Bertz CT molecular complexity index is 467. The van der Waals surface area contributed by atoms with Crippen LogP contribution in [0.2, 0.25) is 0 Å². The third-order valence-electron chi connectivity index (χ3n) is 4.00. The summed E-state index contributed by atoms with van der Waals surface area (Å²) >= 11 is 1.68. The van der Waals surface area contributed by atoms with Gasteiger partial charge >= 0.3 is 0 Å². The number of carbonyl (C=O) groups is 1. The lowest BCUT2D eigenvalue weighted by atomic mass is 9.79. The molecule has 1 fully saturated rings. The third kappa shape index (κ3) is 4.46. The van der Waals surface area contributed by atoms with E-state index < -0.39 is 0 Å². The molecule has 3 nitrogen and oxygen atoms in total. The van der Waals surface area contributed by atoms with E-state index in [4.69, 9.17) is 0 Å². The molecular weight excluding hydrogens is 270 g/mol. The molecule has 1 heterocycles. The number of hydrogen-bond acceptors (Lipinski definition) is 3. The van der Waals surface area contributed by atoms with Crippen molar-refractivity contribution in [3.63, 3.8) is 0 Å². The lowest BCUT2D eigenvalue weighted by molar-refractivity contribution is -0.116. The largest absolute Gasteiger partial charge is 0.396 e. The van der Waals surface area contributed by atoms with Gasteiger partial charge in [0.25, 0.3) is 0 Å². The summed E-state index contributed by atoms with van der Waals surface area (Å²) in [4.78, 5) is 14.2. The molecule has 1 aromatic heterocycles. The van der Waals surface area contributed by atoms with Gasteiger partial charge < -0.3 is 10.4 Å². The predicted molar refractivity (Wildman–Crippen MR) is 83.6 cm³/mol. The average Bonchev–Trinajstić information content (AvgIpc) is 2.89. The number of aliphatic hydroxyl groups excluding tert-OH is 1. The molecule has 1 aliphatic rings. The zero-order valence-corrected chi connectivity index (χ0v) is 12.8. The smallest absolute Gasteiger partial charge is 0.244 e. The number of carbonyl (C=O) groups excluding carboxylic acids is 1. The Hall–Kier alpha value is -1.13. The Morgan fingerprint density at radius 1 is 1.40 bits per heavy atom. The van der Waals surface area contributed by atoms with Crippen molar-refractivity contribution in [2.45, 2.75) is 32.6 Å². The molecule has 0 aliphatic heterocycles. The van der Waals surface area contributed by atoms with Crippen molar-refractivity contribution in [2.24, 2.45) is 11.8 Å². The normalized spacial score (nSPS) is 23.1. The molecule has 1 aliphatic carbocycles. The van der Waals surface area contributed by atoms with Gasteiger partial charge in [-0.3, -0.25) is 4.79 Å². The second kappa shape index (κ2) is 7.60. The van der Waals surface area contributed by atoms with E-state index in [9.17, 15) is 9.90 Å². The van der Waals surface area contributed by atoms with E-state index in [0.717, 1.165) is 17.7 Å². The van der Waals surface area contributed by atoms with Crippen LogP contribution in [0.15, 0.2) is 18.2 Å². The Morgan fingerprint density at radius 3 is 2.80 bits per heavy atom. The van der Waals surface area contributed by atoms with Crippen LogP contribution in [0.4, 0.5) is 0 Å². The molecule has 0 bridgehead atoms. The highest BCUT2D eigenvalue weighted by Gasteiger charge is 2.24. The second-order valence-electron chi connectivity index (χ2n) is 5.51. The van der Waals surface area contributed by atoms with Crippen molar-refractivity contribution in [2.75, 3.05) is 13.2 Å². The first-order valence-corrected chi connectivity index (χ1v) is 8.14. The molecule has 1 aromatic rings. The summed E-state index contributed by atoms with van der Waals surface area (Å²) in [5.74, 6) is 0.737. The number of aliphatic hydroxyl groups is 1. The van der Waals surface area contributed by atoms with Crippen molar-refractivity contribution in [1.82, 2.24) is 5.32 Å². The summed E-state index contributed by atoms with van der Waals surface area (Å²) in [6.07, 6.45) is 8.06. The first-order chi connectivity index (χ1) is 9.69. The van der Waals surface area contributed by atoms with E-state index in [0.29, 0.717) is 18.4 Å². The van der Waals surface area contributed by atoms with Gasteiger partial charge in [0, 0.05) is 29.0 Å². The van der Waals surface area contributed by atoms with Crippen molar-refractivity contribution in [1.29, 1.82) is 0 Å². The number of amides is 1. The Labute approximate surface area is 124 Å². The maximum atomic E-state index is 11.8. The van der Waals surface area contributed by atoms with Crippen molar-refractivity contribution >= 4 is 23.3 Å². The van der Waals surface area contributed by atoms with Crippen LogP contribution in [-0.2, 0) is 4.79 Å². The summed E-state index contributed by atoms with van der Waals surface area (Å²) < 4.78 is 0. The predicted octanol–water partition coefficient (Wildman–Crippen LogP) is 2.98. The molecule has 2 rings (SSSR count). The average molecular weight is 293 g/mol. The zero-order valence-electron chi connectivity index (χ0n) is 12.0. The van der Waals surface area contributed by atoms with Crippen LogP contribution in [0.1, 0.15) is 35.4 Å². The quantitative estimate of drug-likeness (QED) is 0.820. The van der Waals surface area contributed by atoms with Crippen LogP contribution in [0, 0.1) is 18.8 Å². The summed E-state index contributed by atoms with van der Waals surface area (Å²) in [7, 11) is 0. The summed E-state index contributed by atoms with van der Waals surface area (Å²) in [5.41, 5.74) is 0. The van der Waals surface area contributed by atoms with Gasteiger partial charge in [-0.25, -0.2) is 0 Å². The molecule has 1 saturated carbocycles. The first-order valence-electron chi connectivity index (χ1n) is 7.32. The standard InChI is InChI=1S/C16H23NO2S/c1-12-6-7-15(20-12)8-9-16(19)17-10-13-4-2-3-5-14(13)11-18/h6-9,13-14,18H,2-5,10-11H2,1H3,(H,17,19). The molecule has 4 heteroatoms. The summed E-state index contributed by atoms with van der Waals surface area (Å²) in [5, 5.41) is 12.3. The zero-order chi connectivity index (χ0) is 14.4. The minimum atomic E-state index is -0.0432. The van der Waals surface area contributed by atoms with Gasteiger partial charge in [-0.15, -0.1) is 11.3 Å². The highest BCUT2D eigenvalue weighted by Crippen LogP contribution is 2.29. The SMILES string of the molecule is Cc1ccc(C=CC(=O)NCC2CCCCC2CO)s1. The maximum absolute atomic E-state index is 11.8. The van der Waals surface area contributed by atoms with Crippen LogP contribution in [-0.4, -0.2) is 24.2 Å². The van der Waals surface area contributed by atoms with E-state index >= 15 is 0 Å². The Balaban J connectivity index is 1.78. The van der Waals surface area contributed by atoms with Gasteiger partial charge in [-0.1, -0.05) is 12.8 Å². The number of hydrogen-bond donors (Lipinski definition) is 2. The van der Waals surface area contributed by atoms with Crippen LogP contribution in [0.3, 0.4) is 0 Å².